The number of nitrogens with one attached hydrogen (secondary N) is 1. The molecule has 0 unspecified atom stereocenters. The van der Waals surface area contributed by atoms with Crippen molar-refractivity contribution in [3.8, 4) is 0 Å². The smallest absolute Gasteiger partial charge is 0.244 e. The molecule has 7 heteroatoms. The Kier molecular flexibility index (Phi) is 3.04. The second kappa shape index (κ2) is 4.48. The van der Waals surface area contributed by atoms with E-state index in [4.69, 9.17) is 5.73 Å². The Labute approximate surface area is 94.7 Å². The van der Waals surface area contributed by atoms with Crippen LogP contribution in [0.3, 0.4) is 0 Å². The molecule has 0 bridgehead atoms. The number of hydrogen-bond acceptors (Lipinski definition) is 7. The van der Waals surface area contributed by atoms with E-state index in [9.17, 15) is 0 Å². The zero-order valence-corrected chi connectivity index (χ0v) is 9.64. The SMILES string of the molecule is CN(C)Nc1nc(N)nc(N2CCCC2)n1. The van der Waals surface area contributed by atoms with Gasteiger partial charge in [-0.15, -0.1) is 0 Å². The molecule has 1 aromatic heterocycles. The normalized spacial score (nSPS) is 15.8. The van der Waals surface area contributed by atoms with E-state index in [2.05, 4.69) is 25.3 Å². The quantitative estimate of drug-likeness (QED) is 0.695. The summed E-state index contributed by atoms with van der Waals surface area (Å²) in [6.07, 6.45) is 2.37. The third-order valence-corrected chi connectivity index (χ3v) is 2.35. The fraction of sp³-hybridized carbons (Fsp3) is 0.667. The average Bonchev–Trinajstić information content (AvgIpc) is 2.67. The highest BCUT2D eigenvalue weighted by Crippen LogP contribution is 2.17. The fourth-order valence-corrected chi connectivity index (χ4v) is 1.69. The van der Waals surface area contributed by atoms with Crippen LogP contribution in [0.15, 0.2) is 0 Å². The van der Waals surface area contributed by atoms with E-state index in [1.54, 1.807) is 5.01 Å². The number of aromatic nitrogens is 3. The number of nitrogens with zero attached hydrogens (tertiary/aromatic N) is 5. The van der Waals surface area contributed by atoms with Gasteiger partial charge in [0.05, 0.1) is 0 Å². The van der Waals surface area contributed by atoms with Gasteiger partial charge in [-0.05, 0) is 12.8 Å². The molecule has 16 heavy (non-hydrogen) atoms. The highest BCUT2D eigenvalue weighted by molar-refractivity contribution is 5.41. The van der Waals surface area contributed by atoms with Crippen molar-refractivity contribution >= 4 is 17.8 Å². The standard InChI is InChI=1S/C9H17N7/c1-15(2)14-8-11-7(10)12-9(13-8)16-5-3-4-6-16/h3-6H2,1-2H3,(H3,10,11,12,13,14). The minimum atomic E-state index is 0.251. The third-order valence-electron chi connectivity index (χ3n) is 2.35. The molecule has 1 aliphatic heterocycles. The van der Waals surface area contributed by atoms with Crippen LogP contribution in [0.2, 0.25) is 0 Å². The predicted octanol–water partition coefficient (Wildman–Crippen LogP) is -0.0575. The van der Waals surface area contributed by atoms with Crippen molar-refractivity contribution in [3.63, 3.8) is 0 Å². The highest BCUT2D eigenvalue weighted by atomic mass is 15.5. The van der Waals surface area contributed by atoms with E-state index in [1.807, 2.05) is 14.1 Å². The number of hydrazine groups is 1. The van der Waals surface area contributed by atoms with Crippen molar-refractivity contribution in [1.29, 1.82) is 0 Å². The summed E-state index contributed by atoms with van der Waals surface area (Å²) in [7, 11) is 3.74. The van der Waals surface area contributed by atoms with E-state index in [-0.39, 0.29) is 5.95 Å². The van der Waals surface area contributed by atoms with Crippen LogP contribution in [0.5, 0.6) is 0 Å². The van der Waals surface area contributed by atoms with E-state index < -0.39 is 0 Å². The summed E-state index contributed by atoms with van der Waals surface area (Å²) >= 11 is 0. The lowest BCUT2D eigenvalue weighted by Gasteiger charge is -2.17. The predicted molar refractivity (Wildman–Crippen MR) is 63.0 cm³/mol. The summed E-state index contributed by atoms with van der Waals surface area (Å²) in [6.45, 7) is 1.98. The fourth-order valence-electron chi connectivity index (χ4n) is 1.69. The van der Waals surface area contributed by atoms with Gasteiger partial charge in [-0.1, -0.05) is 0 Å². The van der Waals surface area contributed by atoms with Crippen LogP contribution in [-0.4, -0.2) is 47.1 Å². The van der Waals surface area contributed by atoms with Gasteiger partial charge in [-0.25, -0.2) is 5.01 Å². The number of nitrogens with two attached hydrogens (primary N) is 1. The van der Waals surface area contributed by atoms with Crippen LogP contribution in [0.1, 0.15) is 12.8 Å². The van der Waals surface area contributed by atoms with E-state index in [0.29, 0.717) is 11.9 Å². The lowest BCUT2D eigenvalue weighted by Crippen LogP contribution is -2.25. The van der Waals surface area contributed by atoms with Gasteiger partial charge >= 0.3 is 0 Å². The molecule has 2 heterocycles. The summed E-state index contributed by atoms with van der Waals surface area (Å²) in [5.41, 5.74) is 8.63. The highest BCUT2D eigenvalue weighted by Gasteiger charge is 2.16. The molecule has 88 valence electrons. The molecule has 0 radical (unpaired) electrons. The van der Waals surface area contributed by atoms with Crippen molar-refractivity contribution in [3.05, 3.63) is 0 Å². The maximum absolute atomic E-state index is 5.66. The Balaban J connectivity index is 2.20. The number of hydrogen-bond donors (Lipinski definition) is 2. The molecule has 0 saturated carbocycles. The second-order valence-corrected chi connectivity index (χ2v) is 4.02. The molecule has 0 spiro atoms. The van der Waals surface area contributed by atoms with Gasteiger partial charge in [0.15, 0.2) is 0 Å². The largest absolute Gasteiger partial charge is 0.368 e. The number of rotatable bonds is 3. The summed E-state index contributed by atoms with van der Waals surface area (Å²) < 4.78 is 0. The molecule has 0 aromatic carbocycles. The summed E-state index contributed by atoms with van der Waals surface area (Å²) in [6, 6.07) is 0. The van der Waals surface area contributed by atoms with Crippen LogP contribution in [0.4, 0.5) is 17.8 Å². The Hall–Kier alpha value is -1.63. The second-order valence-electron chi connectivity index (χ2n) is 4.02. The van der Waals surface area contributed by atoms with E-state index >= 15 is 0 Å². The molecule has 0 aliphatic carbocycles. The van der Waals surface area contributed by atoms with Crippen LogP contribution in [0.25, 0.3) is 0 Å². The zero-order chi connectivity index (χ0) is 11.5. The van der Waals surface area contributed by atoms with Crippen molar-refractivity contribution in [1.82, 2.24) is 20.0 Å². The molecule has 0 amide bonds. The maximum atomic E-state index is 5.66. The molecular weight excluding hydrogens is 206 g/mol. The van der Waals surface area contributed by atoms with Crippen molar-refractivity contribution in [2.45, 2.75) is 12.8 Å². The van der Waals surface area contributed by atoms with Gasteiger partial charge in [0.2, 0.25) is 17.8 Å². The Bertz CT molecular complexity index is 359. The number of nitrogen functional groups attached to an aromatic ring is 1. The minimum Gasteiger partial charge on any atom is -0.368 e. The number of anilines is 3. The molecule has 3 N–H and O–H groups in total. The molecule has 2 rings (SSSR count). The maximum Gasteiger partial charge on any atom is 0.244 e. The molecule has 1 fully saturated rings. The first-order chi connectivity index (χ1) is 7.65. The van der Waals surface area contributed by atoms with Crippen molar-refractivity contribution in [2.75, 3.05) is 43.2 Å². The molecular formula is C9H17N7. The third kappa shape index (κ3) is 2.48. The van der Waals surface area contributed by atoms with Gasteiger partial charge in [0.25, 0.3) is 0 Å². The molecule has 1 aromatic rings. The lowest BCUT2D eigenvalue weighted by atomic mass is 10.4. The Morgan fingerprint density at radius 2 is 1.88 bits per heavy atom. The summed E-state index contributed by atoms with van der Waals surface area (Å²) in [4.78, 5) is 14.6. The van der Waals surface area contributed by atoms with Gasteiger partial charge in [0, 0.05) is 27.2 Å². The molecule has 1 saturated heterocycles. The van der Waals surface area contributed by atoms with Crippen LogP contribution >= 0.6 is 0 Å². The molecule has 7 nitrogen and oxygen atoms in total. The summed E-state index contributed by atoms with van der Waals surface area (Å²) in [5, 5.41) is 1.77. The average molecular weight is 223 g/mol. The summed E-state index contributed by atoms with van der Waals surface area (Å²) in [5.74, 6) is 1.40. The Morgan fingerprint density at radius 1 is 1.19 bits per heavy atom. The van der Waals surface area contributed by atoms with E-state index in [0.717, 1.165) is 13.1 Å². The van der Waals surface area contributed by atoms with Crippen molar-refractivity contribution < 1.29 is 0 Å². The topological polar surface area (TPSA) is 83.2 Å². The molecule has 1 aliphatic rings. The Morgan fingerprint density at radius 3 is 2.50 bits per heavy atom. The molecule has 0 atom stereocenters. The van der Waals surface area contributed by atoms with Gasteiger partial charge < -0.3 is 10.6 Å². The van der Waals surface area contributed by atoms with Gasteiger partial charge in [-0.3, -0.25) is 5.43 Å². The minimum absolute atomic E-state index is 0.251. The van der Waals surface area contributed by atoms with E-state index in [1.165, 1.54) is 12.8 Å². The lowest BCUT2D eigenvalue weighted by molar-refractivity contribution is 0.488. The van der Waals surface area contributed by atoms with Gasteiger partial charge in [-0.2, -0.15) is 15.0 Å². The van der Waals surface area contributed by atoms with Crippen molar-refractivity contribution in [2.24, 2.45) is 0 Å². The van der Waals surface area contributed by atoms with Crippen LogP contribution < -0.4 is 16.1 Å². The zero-order valence-electron chi connectivity index (χ0n) is 9.64. The first-order valence-electron chi connectivity index (χ1n) is 5.35. The first kappa shape index (κ1) is 10.9. The first-order valence-corrected chi connectivity index (χ1v) is 5.35. The monoisotopic (exact) mass is 223 g/mol. The van der Waals surface area contributed by atoms with Gasteiger partial charge in [0.1, 0.15) is 0 Å². The van der Waals surface area contributed by atoms with Crippen LogP contribution in [0, 0.1) is 0 Å². The van der Waals surface area contributed by atoms with Crippen LogP contribution in [-0.2, 0) is 0 Å².